The molecule has 0 aliphatic rings. The Bertz CT molecular complexity index is 347. The minimum atomic E-state index is -0.462. The minimum Gasteiger partial charge on any atom is -0.497 e. The quantitative estimate of drug-likeness (QED) is 0.788. The van der Waals surface area contributed by atoms with Crippen molar-refractivity contribution >= 4 is 0 Å². The van der Waals surface area contributed by atoms with Gasteiger partial charge in [-0.1, -0.05) is 6.07 Å². The highest BCUT2D eigenvalue weighted by molar-refractivity contribution is 5.32. The van der Waals surface area contributed by atoms with Gasteiger partial charge in [-0.25, -0.2) is 0 Å². The van der Waals surface area contributed by atoms with E-state index in [1.807, 2.05) is 24.3 Å². The van der Waals surface area contributed by atoms with Gasteiger partial charge < -0.3 is 15.2 Å². The molecule has 80 valence electrons. The molecule has 0 saturated carbocycles. The lowest BCUT2D eigenvalue weighted by molar-refractivity contribution is 0.304. The molecular weight excluding hydrogens is 192 g/mol. The Kier molecular flexibility index (Phi) is 4.45. The fourth-order valence-electron chi connectivity index (χ4n) is 1.06. The second-order valence-electron chi connectivity index (χ2n) is 3.05. The first-order valence-corrected chi connectivity index (χ1v) is 4.68. The lowest BCUT2D eigenvalue weighted by atomic mass is 10.2. The Morgan fingerprint density at radius 2 is 2.20 bits per heavy atom. The Hall–Kier alpha value is -1.73. The van der Waals surface area contributed by atoms with Crippen molar-refractivity contribution in [3.05, 3.63) is 24.3 Å². The van der Waals surface area contributed by atoms with E-state index in [4.69, 9.17) is 20.5 Å². The van der Waals surface area contributed by atoms with Crippen molar-refractivity contribution in [2.45, 2.75) is 12.5 Å². The zero-order valence-electron chi connectivity index (χ0n) is 8.64. The average Bonchev–Trinajstić information content (AvgIpc) is 2.29. The molecule has 0 saturated heterocycles. The van der Waals surface area contributed by atoms with Crippen LogP contribution in [0.25, 0.3) is 0 Å². The van der Waals surface area contributed by atoms with Gasteiger partial charge in [0.1, 0.15) is 11.5 Å². The standard InChI is InChI=1S/C11H14N2O2/c1-14-10-3-2-4-11(7-10)15-6-5-9(13)8-12/h2-4,7,9H,5-6,13H2,1H3. The molecule has 15 heavy (non-hydrogen) atoms. The minimum absolute atomic E-state index is 0.432. The van der Waals surface area contributed by atoms with Crippen molar-refractivity contribution < 1.29 is 9.47 Å². The van der Waals surface area contributed by atoms with E-state index in [1.165, 1.54) is 0 Å². The highest BCUT2D eigenvalue weighted by Gasteiger charge is 2.01. The summed E-state index contributed by atoms with van der Waals surface area (Å²) in [6.45, 7) is 0.432. The van der Waals surface area contributed by atoms with Crippen molar-refractivity contribution in [1.29, 1.82) is 5.26 Å². The van der Waals surface area contributed by atoms with Crippen LogP contribution in [0.3, 0.4) is 0 Å². The normalized spacial score (nSPS) is 11.5. The van der Waals surface area contributed by atoms with E-state index in [2.05, 4.69) is 0 Å². The SMILES string of the molecule is COc1cccc(OCCC(N)C#N)c1. The van der Waals surface area contributed by atoms with Gasteiger partial charge in [0.05, 0.1) is 25.8 Å². The summed E-state index contributed by atoms with van der Waals surface area (Å²) in [7, 11) is 1.60. The number of nitrogens with zero attached hydrogens (tertiary/aromatic N) is 1. The Morgan fingerprint density at radius 1 is 1.47 bits per heavy atom. The van der Waals surface area contributed by atoms with Gasteiger partial charge in [0.2, 0.25) is 0 Å². The number of rotatable bonds is 5. The third-order valence-electron chi connectivity index (χ3n) is 1.90. The fraction of sp³-hybridized carbons (Fsp3) is 0.364. The molecule has 0 spiro atoms. The van der Waals surface area contributed by atoms with Crippen molar-refractivity contribution in [3.8, 4) is 17.6 Å². The summed E-state index contributed by atoms with van der Waals surface area (Å²) < 4.78 is 10.5. The molecule has 4 nitrogen and oxygen atoms in total. The third-order valence-corrected chi connectivity index (χ3v) is 1.90. The second-order valence-corrected chi connectivity index (χ2v) is 3.05. The Morgan fingerprint density at radius 3 is 2.87 bits per heavy atom. The molecule has 1 rings (SSSR count). The molecule has 0 aliphatic carbocycles. The first-order valence-electron chi connectivity index (χ1n) is 4.68. The Balaban J connectivity index is 2.41. The lowest BCUT2D eigenvalue weighted by Crippen LogP contribution is -2.20. The molecule has 1 atom stereocenters. The molecule has 0 heterocycles. The largest absolute Gasteiger partial charge is 0.497 e. The molecule has 4 heteroatoms. The summed E-state index contributed by atoms with van der Waals surface area (Å²) >= 11 is 0. The van der Waals surface area contributed by atoms with Crippen LogP contribution in [0.1, 0.15) is 6.42 Å². The maximum absolute atomic E-state index is 8.46. The molecule has 0 aromatic heterocycles. The van der Waals surface area contributed by atoms with Gasteiger partial charge >= 0.3 is 0 Å². The molecule has 1 unspecified atom stereocenters. The summed E-state index contributed by atoms with van der Waals surface area (Å²) in [5, 5.41) is 8.46. The predicted molar refractivity (Wildman–Crippen MR) is 56.7 cm³/mol. The highest BCUT2D eigenvalue weighted by atomic mass is 16.5. The number of ether oxygens (including phenoxy) is 2. The number of methoxy groups -OCH3 is 1. The van der Waals surface area contributed by atoms with Crippen molar-refractivity contribution in [2.24, 2.45) is 5.73 Å². The molecule has 1 aromatic rings. The smallest absolute Gasteiger partial charge is 0.122 e. The molecule has 0 bridgehead atoms. The molecule has 0 aliphatic heterocycles. The topological polar surface area (TPSA) is 68.3 Å². The number of benzene rings is 1. The van der Waals surface area contributed by atoms with Crippen LogP contribution < -0.4 is 15.2 Å². The first-order chi connectivity index (χ1) is 7.26. The lowest BCUT2D eigenvalue weighted by Gasteiger charge is -2.08. The third kappa shape index (κ3) is 3.88. The summed E-state index contributed by atoms with van der Waals surface area (Å²) in [4.78, 5) is 0. The average molecular weight is 206 g/mol. The summed E-state index contributed by atoms with van der Waals surface area (Å²) in [6.07, 6.45) is 0.522. The van der Waals surface area contributed by atoms with Gasteiger partial charge in [0.15, 0.2) is 0 Å². The number of hydrogen-bond donors (Lipinski definition) is 1. The van der Waals surface area contributed by atoms with Crippen LogP contribution in [0, 0.1) is 11.3 Å². The fourth-order valence-corrected chi connectivity index (χ4v) is 1.06. The maximum atomic E-state index is 8.46. The zero-order valence-corrected chi connectivity index (χ0v) is 8.64. The van der Waals surface area contributed by atoms with E-state index in [9.17, 15) is 0 Å². The van der Waals surface area contributed by atoms with Crippen LogP contribution >= 0.6 is 0 Å². The monoisotopic (exact) mass is 206 g/mol. The summed E-state index contributed by atoms with van der Waals surface area (Å²) in [5.41, 5.74) is 5.43. The van der Waals surface area contributed by atoms with Crippen LogP contribution in [0.15, 0.2) is 24.3 Å². The molecule has 0 radical (unpaired) electrons. The van der Waals surface area contributed by atoms with E-state index in [-0.39, 0.29) is 0 Å². The summed E-state index contributed by atoms with van der Waals surface area (Å²) in [5.74, 6) is 1.47. The second kappa shape index (κ2) is 5.89. The van der Waals surface area contributed by atoms with Crippen LogP contribution in [-0.4, -0.2) is 19.8 Å². The Labute approximate surface area is 89.2 Å². The zero-order chi connectivity index (χ0) is 11.1. The molecule has 2 N–H and O–H groups in total. The van der Waals surface area contributed by atoms with Gasteiger partial charge in [-0.3, -0.25) is 0 Å². The van der Waals surface area contributed by atoms with E-state index in [1.54, 1.807) is 13.2 Å². The van der Waals surface area contributed by atoms with Gasteiger partial charge in [-0.05, 0) is 12.1 Å². The van der Waals surface area contributed by atoms with Gasteiger partial charge in [-0.2, -0.15) is 5.26 Å². The van der Waals surface area contributed by atoms with Crippen molar-refractivity contribution in [3.63, 3.8) is 0 Å². The van der Waals surface area contributed by atoms with Crippen LogP contribution in [-0.2, 0) is 0 Å². The van der Waals surface area contributed by atoms with Gasteiger partial charge in [0, 0.05) is 12.5 Å². The van der Waals surface area contributed by atoms with E-state index in [0.29, 0.717) is 13.0 Å². The van der Waals surface area contributed by atoms with E-state index >= 15 is 0 Å². The highest BCUT2D eigenvalue weighted by Crippen LogP contribution is 2.18. The predicted octanol–water partition coefficient (Wildman–Crippen LogP) is 1.31. The molecule has 0 fully saturated rings. The number of hydrogen-bond acceptors (Lipinski definition) is 4. The van der Waals surface area contributed by atoms with E-state index in [0.717, 1.165) is 11.5 Å². The van der Waals surface area contributed by atoms with Crippen LogP contribution in [0.4, 0.5) is 0 Å². The van der Waals surface area contributed by atoms with Crippen molar-refractivity contribution in [1.82, 2.24) is 0 Å². The van der Waals surface area contributed by atoms with Gasteiger partial charge in [-0.15, -0.1) is 0 Å². The summed E-state index contributed by atoms with van der Waals surface area (Å²) in [6, 6.07) is 8.79. The molecular formula is C11H14N2O2. The van der Waals surface area contributed by atoms with Gasteiger partial charge in [0.25, 0.3) is 0 Å². The van der Waals surface area contributed by atoms with Crippen LogP contribution in [0.2, 0.25) is 0 Å². The van der Waals surface area contributed by atoms with E-state index < -0.39 is 6.04 Å². The number of nitrogens with two attached hydrogens (primary N) is 1. The maximum Gasteiger partial charge on any atom is 0.122 e. The molecule has 0 amide bonds. The number of nitriles is 1. The first kappa shape index (κ1) is 11.3. The van der Waals surface area contributed by atoms with Crippen molar-refractivity contribution in [2.75, 3.05) is 13.7 Å². The molecule has 1 aromatic carbocycles. The van der Waals surface area contributed by atoms with Crippen LogP contribution in [0.5, 0.6) is 11.5 Å².